The Kier molecular flexibility index (Phi) is 5.08. The maximum Gasteiger partial charge on any atom is 0.119 e. The van der Waals surface area contributed by atoms with Crippen LogP contribution in [0, 0.1) is 5.92 Å². The summed E-state index contributed by atoms with van der Waals surface area (Å²) in [5.41, 5.74) is 7.11. The molecule has 1 fully saturated rings. The first-order chi connectivity index (χ1) is 9.10. The van der Waals surface area contributed by atoms with Crippen LogP contribution in [0.5, 0.6) is 5.75 Å². The van der Waals surface area contributed by atoms with Crippen LogP contribution in [0.3, 0.4) is 0 Å². The van der Waals surface area contributed by atoms with Crippen molar-refractivity contribution in [2.75, 3.05) is 20.2 Å². The molecule has 0 bridgehead atoms. The predicted octanol–water partition coefficient (Wildman–Crippen LogP) is 2.91. The Hall–Kier alpha value is -0.770. The second-order valence-electron chi connectivity index (χ2n) is 5.43. The van der Waals surface area contributed by atoms with Gasteiger partial charge in [0.25, 0.3) is 0 Å². The Labute approximate surface area is 120 Å². The fourth-order valence-corrected chi connectivity index (χ4v) is 2.85. The van der Waals surface area contributed by atoms with Crippen LogP contribution in [0.25, 0.3) is 0 Å². The molecule has 1 atom stereocenters. The van der Waals surface area contributed by atoms with Crippen molar-refractivity contribution in [1.82, 2.24) is 4.90 Å². The lowest BCUT2D eigenvalue weighted by Crippen LogP contribution is -2.39. The number of methoxy groups -OCH3 is 1. The van der Waals surface area contributed by atoms with E-state index in [1.165, 1.54) is 12.8 Å². The molecule has 0 aliphatic carbocycles. The maximum absolute atomic E-state index is 6.25. The lowest BCUT2D eigenvalue weighted by molar-refractivity contribution is 0.165. The van der Waals surface area contributed by atoms with E-state index >= 15 is 0 Å². The first-order valence-corrected chi connectivity index (χ1v) is 7.28. The largest absolute Gasteiger partial charge is 0.497 e. The fourth-order valence-electron chi connectivity index (χ4n) is 2.68. The van der Waals surface area contributed by atoms with Gasteiger partial charge in [-0.3, -0.25) is 4.90 Å². The number of hydrogen-bond donors (Lipinski definition) is 1. The van der Waals surface area contributed by atoms with E-state index in [0.717, 1.165) is 36.0 Å². The molecule has 1 unspecified atom stereocenters. The van der Waals surface area contributed by atoms with E-state index in [2.05, 4.69) is 11.8 Å². The average molecular weight is 283 g/mol. The van der Waals surface area contributed by atoms with Gasteiger partial charge in [0.1, 0.15) is 5.75 Å². The van der Waals surface area contributed by atoms with E-state index in [9.17, 15) is 0 Å². The predicted molar refractivity (Wildman–Crippen MR) is 79.7 cm³/mol. The first kappa shape index (κ1) is 14.6. The highest BCUT2D eigenvalue weighted by Crippen LogP contribution is 2.26. The molecule has 0 radical (unpaired) electrons. The summed E-state index contributed by atoms with van der Waals surface area (Å²) < 4.78 is 5.25. The summed E-state index contributed by atoms with van der Waals surface area (Å²) in [4.78, 5) is 2.44. The monoisotopic (exact) mass is 282 g/mol. The van der Waals surface area contributed by atoms with Crippen LogP contribution in [-0.4, -0.2) is 31.1 Å². The summed E-state index contributed by atoms with van der Waals surface area (Å²) in [6.45, 7) is 5.19. The van der Waals surface area contributed by atoms with Crippen LogP contribution in [0.1, 0.15) is 25.3 Å². The van der Waals surface area contributed by atoms with Gasteiger partial charge < -0.3 is 10.5 Å². The average Bonchev–Trinajstić information content (AvgIpc) is 2.42. The van der Waals surface area contributed by atoms with E-state index in [0.29, 0.717) is 12.0 Å². The van der Waals surface area contributed by atoms with Crippen molar-refractivity contribution in [2.45, 2.75) is 32.4 Å². The number of hydrogen-bond acceptors (Lipinski definition) is 3. The van der Waals surface area contributed by atoms with Crippen molar-refractivity contribution in [2.24, 2.45) is 11.7 Å². The molecule has 0 aromatic heterocycles. The SMILES string of the molecule is COc1ccc(Cl)c(CN2CCC(C(C)N)CC2)c1. The molecule has 2 rings (SSSR count). The Morgan fingerprint density at radius 3 is 2.68 bits per heavy atom. The molecule has 0 amide bonds. The number of rotatable bonds is 4. The van der Waals surface area contributed by atoms with Crippen LogP contribution in [0.4, 0.5) is 0 Å². The van der Waals surface area contributed by atoms with E-state index in [1.807, 2.05) is 18.2 Å². The maximum atomic E-state index is 6.25. The lowest BCUT2D eigenvalue weighted by Gasteiger charge is -2.33. The van der Waals surface area contributed by atoms with Gasteiger partial charge in [-0.15, -0.1) is 0 Å². The highest BCUT2D eigenvalue weighted by atomic mass is 35.5. The third kappa shape index (κ3) is 3.85. The fraction of sp³-hybridized carbons (Fsp3) is 0.600. The standard InChI is InChI=1S/C15H23ClN2O/c1-11(17)12-5-7-18(8-6-12)10-13-9-14(19-2)3-4-15(13)16/h3-4,9,11-12H,5-8,10,17H2,1-2H3. The highest BCUT2D eigenvalue weighted by Gasteiger charge is 2.22. The van der Waals surface area contributed by atoms with Gasteiger partial charge in [0.05, 0.1) is 7.11 Å². The van der Waals surface area contributed by atoms with Crippen LogP contribution in [0.2, 0.25) is 5.02 Å². The van der Waals surface area contributed by atoms with Gasteiger partial charge in [-0.2, -0.15) is 0 Å². The van der Waals surface area contributed by atoms with Crippen LogP contribution in [-0.2, 0) is 6.54 Å². The number of nitrogens with zero attached hydrogens (tertiary/aromatic N) is 1. The number of nitrogens with two attached hydrogens (primary N) is 1. The van der Waals surface area contributed by atoms with Crippen molar-refractivity contribution < 1.29 is 4.74 Å². The Balaban J connectivity index is 1.95. The molecule has 4 heteroatoms. The van der Waals surface area contributed by atoms with Gasteiger partial charge in [0.15, 0.2) is 0 Å². The smallest absolute Gasteiger partial charge is 0.119 e. The molecule has 0 spiro atoms. The number of likely N-dealkylation sites (tertiary alicyclic amines) is 1. The normalized spacial score (nSPS) is 19.4. The number of ether oxygens (including phenoxy) is 1. The van der Waals surface area contributed by atoms with Crippen molar-refractivity contribution in [3.05, 3.63) is 28.8 Å². The van der Waals surface area contributed by atoms with Gasteiger partial charge in [0, 0.05) is 17.6 Å². The Morgan fingerprint density at radius 1 is 1.42 bits per heavy atom. The summed E-state index contributed by atoms with van der Waals surface area (Å²) in [5.74, 6) is 1.53. The van der Waals surface area contributed by atoms with E-state index < -0.39 is 0 Å². The van der Waals surface area contributed by atoms with Crippen molar-refractivity contribution >= 4 is 11.6 Å². The van der Waals surface area contributed by atoms with E-state index in [4.69, 9.17) is 22.1 Å². The minimum Gasteiger partial charge on any atom is -0.497 e. The molecule has 2 N–H and O–H groups in total. The molecular weight excluding hydrogens is 260 g/mol. The molecule has 1 saturated heterocycles. The lowest BCUT2D eigenvalue weighted by atomic mass is 9.91. The molecule has 1 aliphatic heterocycles. The van der Waals surface area contributed by atoms with Gasteiger partial charge in [0.2, 0.25) is 0 Å². The van der Waals surface area contributed by atoms with Gasteiger partial charge in [-0.05, 0) is 62.5 Å². The highest BCUT2D eigenvalue weighted by molar-refractivity contribution is 6.31. The second kappa shape index (κ2) is 6.60. The first-order valence-electron chi connectivity index (χ1n) is 6.90. The van der Waals surface area contributed by atoms with E-state index in [1.54, 1.807) is 7.11 Å². The van der Waals surface area contributed by atoms with Crippen LogP contribution < -0.4 is 10.5 Å². The van der Waals surface area contributed by atoms with Crippen LogP contribution in [0.15, 0.2) is 18.2 Å². The number of piperidine rings is 1. The van der Waals surface area contributed by atoms with Crippen molar-refractivity contribution in [3.63, 3.8) is 0 Å². The summed E-state index contributed by atoms with van der Waals surface area (Å²) in [5, 5.41) is 0.815. The third-order valence-corrected chi connectivity index (χ3v) is 4.39. The van der Waals surface area contributed by atoms with Gasteiger partial charge in [-0.1, -0.05) is 11.6 Å². The van der Waals surface area contributed by atoms with Gasteiger partial charge >= 0.3 is 0 Å². The molecule has 3 nitrogen and oxygen atoms in total. The van der Waals surface area contributed by atoms with E-state index in [-0.39, 0.29) is 0 Å². The molecule has 1 heterocycles. The summed E-state index contributed by atoms with van der Waals surface area (Å²) >= 11 is 6.25. The molecule has 0 saturated carbocycles. The molecule has 1 aromatic carbocycles. The number of benzene rings is 1. The van der Waals surface area contributed by atoms with Gasteiger partial charge in [-0.25, -0.2) is 0 Å². The Bertz CT molecular complexity index is 415. The molecular formula is C15H23ClN2O. The van der Waals surface area contributed by atoms with Crippen molar-refractivity contribution in [3.8, 4) is 5.75 Å². The minimum absolute atomic E-state index is 0.308. The molecule has 19 heavy (non-hydrogen) atoms. The minimum atomic E-state index is 0.308. The summed E-state index contributed by atoms with van der Waals surface area (Å²) in [6, 6.07) is 6.14. The van der Waals surface area contributed by atoms with Crippen molar-refractivity contribution in [1.29, 1.82) is 0 Å². The molecule has 1 aliphatic rings. The second-order valence-corrected chi connectivity index (χ2v) is 5.84. The molecule has 106 valence electrons. The zero-order chi connectivity index (χ0) is 13.8. The summed E-state index contributed by atoms with van der Waals surface area (Å²) in [6.07, 6.45) is 2.36. The number of halogens is 1. The topological polar surface area (TPSA) is 38.5 Å². The Morgan fingerprint density at radius 2 is 2.11 bits per heavy atom. The molecule has 1 aromatic rings. The quantitative estimate of drug-likeness (QED) is 0.923. The van der Waals surface area contributed by atoms with Crippen LogP contribution >= 0.6 is 11.6 Å². The zero-order valence-electron chi connectivity index (χ0n) is 11.7. The summed E-state index contributed by atoms with van der Waals surface area (Å²) in [7, 11) is 1.68. The third-order valence-electron chi connectivity index (χ3n) is 4.02. The zero-order valence-corrected chi connectivity index (χ0v) is 12.5.